The van der Waals surface area contributed by atoms with E-state index in [4.69, 9.17) is 12.2 Å². The van der Waals surface area contributed by atoms with Gasteiger partial charge in [0.15, 0.2) is 5.17 Å². The molecule has 3 rings (SSSR count). The van der Waals surface area contributed by atoms with Crippen molar-refractivity contribution >= 4 is 49.8 Å². The second-order valence-electron chi connectivity index (χ2n) is 4.91. The summed E-state index contributed by atoms with van der Waals surface area (Å²) in [7, 11) is -3.75. The molecule has 0 amide bonds. The molecular weight excluding hydrogens is 348 g/mol. The van der Waals surface area contributed by atoms with Crippen LogP contribution in [0.3, 0.4) is 0 Å². The van der Waals surface area contributed by atoms with Crippen molar-refractivity contribution < 1.29 is 8.42 Å². The highest BCUT2D eigenvalue weighted by molar-refractivity contribution is 8.18. The van der Waals surface area contributed by atoms with Gasteiger partial charge in [-0.05, 0) is 31.2 Å². The smallest absolute Gasteiger partial charge is 0.224 e. The zero-order valence-electron chi connectivity index (χ0n) is 12.3. The van der Waals surface area contributed by atoms with Crippen LogP contribution in [0.25, 0.3) is 0 Å². The Labute approximate surface area is 145 Å². The van der Waals surface area contributed by atoms with Crippen LogP contribution in [0.2, 0.25) is 0 Å². The Morgan fingerprint density at radius 3 is 2.22 bits per heavy atom. The van der Waals surface area contributed by atoms with Crippen molar-refractivity contribution in [3.63, 3.8) is 0 Å². The van der Waals surface area contributed by atoms with E-state index in [9.17, 15) is 8.42 Å². The molecule has 2 aromatic carbocycles. The van der Waals surface area contributed by atoms with Gasteiger partial charge in [0.25, 0.3) is 10.0 Å². The van der Waals surface area contributed by atoms with Crippen molar-refractivity contribution in [3.8, 4) is 0 Å². The van der Waals surface area contributed by atoms with Crippen LogP contribution in [0.1, 0.15) is 6.92 Å². The molecule has 118 valence electrons. The lowest BCUT2D eigenvalue weighted by molar-refractivity contribution is 0.572. The zero-order chi connectivity index (χ0) is 16.4. The molecule has 0 bridgehead atoms. The first-order chi connectivity index (χ1) is 11.0. The van der Waals surface area contributed by atoms with E-state index in [2.05, 4.69) is 4.99 Å². The summed E-state index contributed by atoms with van der Waals surface area (Å²) in [4.78, 5) is 5.03. The number of hydrogen-bond acceptors (Lipinski definition) is 5. The Hall–Kier alpha value is -1.70. The van der Waals surface area contributed by atoms with Crippen molar-refractivity contribution in [1.29, 1.82) is 0 Å². The lowest BCUT2D eigenvalue weighted by Crippen LogP contribution is -2.36. The van der Waals surface area contributed by atoms with Gasteiger partial charge in [-0.15, -0.1) is 0 Å². The molecule has 1 fully saturated rings. The number of thioether (sulfide) groups is 1. The van der Waals surface area contributed by atoms with Crippen LogP contribution in [-0.4, -0.2) is 28.1 Å². The monoisotopic (exact) mass is 362 g/mol. The van der Waals surface area contributed by atoms with Gasteiger partial charge in [-0.2, -0.15) is 0 Å². The zero-order valence-corrected chi connectivity index (χ0v) is 14.7. The molecule has 0 N–H and O–H groups in total. The van der Waals surface area contributed by atoms with Gasteiger partial charge in [0.2, 0.25) is 0 Å². The molecule has 1 aliphatic rings. The summed E-state index contributed by atoms with van der Waals surface area (Å²) in [6.07, 6.45) is 0. The van der Waals surface area contributed by atoms with E-state index in [0.717, 1.165) is 0 Å². The van der Waals surface area contributed by atoms with Gasteiger partial charge in [-0.1, -0.05) is 60.4 Å². The molecule has 0 saturated carbocycles. The van der Waals surface area contributed by atoms with Gasteiger partial charge in [0, 0.05) is 0 Å². The maximum atomic E-state index is 12.9. The fraction of sp³-hybridized carbons (Fsp3) is 0.125. The minimum Gasteiger partial charge on any atom is -0.224 e. The molecule has 0 unspecified atom stereocenters. The normalized spacial score (nSPS) is 20.2. The molecule has 4 nitrogen and oxygen atoms in total. The van der Waals surface area contributed by atoms with Crippen LogP contribution < -0.4 is 0 Å². The van der Waals surface area contributed by atoms with Crippen molar-refractivity contribution in [1.82, 2.24) is 4.31 Å². The minimum atomic E-state index is -3.75. The summed E-state index contributed by atoms with van der Waals surface area (Å²) in [5, 5.41) is 0.267. The third-order valence-corrected chi connectivity index (χ3v) is 6.96. The number of thiocarbonyl (C=S) groups is 1. The predicted molar refractivity (Wildman–Crippen MR) is 98.7 cm³/mol. The van der Waals surface area contributed by atoms with Crippen LogP contribution >= 0.6 is 24.0 Å². The van der Waals surface area contributed by atoms with Crippen molar-refractivity contribution in [2.75, 3.05) is 0 Å². The summed E-state index contributed by atoms with van der Waals surface area (Å²) in [6, 6.07) is 17.5. The fourth-order valence-electron chi connectivity index (χ4n) is 2.12. The van der Waals surface area contributed by atoms with Crippen molar-refractivity contribution in [2.24, 2.45) is 4.99 Å². The molecular formula is C16H14N2O2S3. The Bertz CT molecular complexity index is 849. The van der Waals surface area contributed by atoms with E-state index in [1.807, 2.05) is 37.3 Å². The summed E-state index contributed by atoms with van der Waals surface area (Å²) < 4.78 is 27.1. The van der Waals surface area contributed by atoms with Crippen LogP contribution in [-0.2, 0) is 10.0 Å². The number of benzene rings is 2. The van der Waals surface area contributed by atoms with Crippen LogP contribution in [0.5, 0.6) is 0 Å². The highest BCUT2D eigenvalue weighted by Gasteiger charge is 2.40. The average Bonchev–Trinajstić information content (AvgIpc) is 2.84. The number of aliphatic imine (C=N–C) groups is 1. The lowest BCUT2D eigenvalue weighted by atomic mass is 10.3. The number of para-hydroxylation sites is 1. The van der Waals surface area contributed by atoms with E-state index < -0.39 is 10.0 Å². The van der Waals surface area contributed by atoms with Crippen molar-refractivity contribution in [3.05, 3.63) is 60.7 Å². The SMILES string of the molecule is C[C@H]1SC(=Nc2ccccc2)N(S(=O)(=O)c2ccccc2)C1=S. The molecule has 7 heteroatoms. The van der Waals surface area contributed by atoms with Gasteiger partial charge >= 0.3 is 0 Å². The Balaban J connectivity index is 2.08. The standard InChI is InChI=1S/C16H14N2O2S3/c1-12-15(21)18(23(19,20)14-10-6-3-7-11-14)16(22-12)17-13-8-4-2-5-9-13/h2-12H,1H3/t12-/m1/s1. The minimum absolute atomic E-state index is 0.119. The number of hydrogen-bond donors (Lipinski definition) is 0. The van der Waals surface area contributed by atoms with E-state index in [1.54, 1.807) is 30.3 Å². The first-order valence-corrected chi connectivity index (χ1v) is 9.67. The van der Waals surface area contributed by atoms with Crippen LogP contribution in [0, 0.1) is 0 Å². The van der Waals surface area contributed by atoms with Crippen molar-refractivity contribution in [2.45, 2.75) is 17.1 Å². The van der Waals surface area contributed by atoms with E-state index in [1.165, 1.54) is 16.1 Å². The number of rotatable bonds is 3. The number of sulfonamides is 1. The van der Waals surface area contributed by atoms with Gasteiger partial charge in [-0.3, -0.25) is 0 Å². The van der Waals surface area contributed by atoms with E-state index >= 15 is 0 Å². The fourth-order valence-corrected chi connectivity index (χ4v) is 5.42. The molecule has 1 heterocycles. The second kappa shape index (κ2) is 6.43. The maximum absolute atomic E-state index is 12.9. The number of amidine groups is 1. The predicted octanol–water partition coefficient (Wildman–Crippen LogP) is 3.83. The van der Waals surface area contributed by atoms with Gasteiger partial charge in [0.1, 0.15) is 4.99 Å². The number of nitrogens with zero attached hydrogens (tertiary/aromatic N) is 2. The third kappa shape index (κ3) is 3.17. The van der Waals surface area contributed by atoms with E-state index in [-0.39, 0.29) is 10.1 Å². The maximum Gasteiger partial charge on any atom is 0.270 e. The summed E-state index contributed by atoms with van der Waals surface area (Å²) >= 11 is 6.70. The largest absolute Gasteiger partial charge is 0.270 e. The highest BCUT2D eigenvalue weighted by Crippen LogP contribution is 2.34. The Morgan fingerprint density at radius 1 is 1.04 bits per heavy atom. The second-order valence-corrected chi connectivity index (χ2v) is 8.42. The third-order valence-electron chi connectivity index (χ3n) is 3.27. The van der Waals surface area contributed by atoms with Gasteiger partial charge in [0.05, 0.1) is 15.8 Å². The topological polar surface area (TPSA) is 49.7 Å². The van der Waals surface area contributed by atoms with E-state index in [0.29, 0.717) is 15.8 Å². The Morgan fingerprint density at radius 2 is 1.61 bits per heavy atom. The first kappa shape index (κ1) is 16.2. The van der Waals surface area contributed by atoms with Gasteiger partial charge < -0.3 is 0 Å². The summed E-state index contributed by atoms with van der Waals surface area (Å²) in [5.41, 5.74) is 0.695. The van der Waals surface area contributed by atoms with Gasteiger partial charge in [-0.25, -0.2) is 17.7 Å². The van der Waals surface area contributed by atoms with Crippen LogP contribution in [0.4, 0.5) is 5.69 Å². The molecule has 2 aromatic rings. The summed E-state index contributed by atoms with van der Waals surface area (Å²) in [5.74, 6) is 0. The lowest BCUT2D eigenvalue weighted by Gasteiger charge is -2.18. The first-order valence-electron chi connectivity index (χ1n) is 6.95. The molecule has 23 heavy (non-hydrogen) atoms. The molecule has 0 radical (unpaired) electrons. The molecule has 1 atom stereocenters. The quantitative estimate of drug-likeness (QED) is 0.779. The summed E-state index contributed by atoms with van der Waals surface area (Å²) in [6.45, 7) is 1.88. The molecule has 0 aromatic heterocycles. The molecule has 0 aliphatic carbocycles. The molecule has 1 aliphatic heterocycles. The molecule has 0 spiro atoms. The van der Waals surface area contributed by atoms with Crippen LogP contribution in [0.15, 0.2) is 70.6 Å². The average molecular weight is 363 g/mol. The Kier molecular flexibility index (Phi) is 4.52. The highest BCUT2D eigenvalue weighted by atomic mass is 32.2. The molecule has 1 saturated heterocycles.